The number of anilines is 3. The summed E-state index contributed by atoms with van der Waals surface area (Å²) in [5, 5.41) is 6.75. The fourth-order valence-corrected chi connectivity index (χ4v) is 3.07. The van der Waals surface area contributed by atoms with E-state index in [9.17, 15) is 4.79 Å². The maximum absolute atomic E-state index is 12.4. The number of aromatic nitrogens is 2. The fraction of sp³-hybridized carbons (Fsp3) is 0.0476. The molecule has 28 heavy (non-hydrogen) atoms. The van der Waals surface area contributed by atoms with Crippen LogP contribution in [0.1, 0.15) is 8.30 Å². The number of halogens is 1. The van der Waals surface area contributed by atoms with Gasteiger partial charge < -0.3 is 20.9 Å². The van der Waals surface area contributed by atoms with Crippen molar-refractivity contribution in [3.05, 3.63) is 83.6 Å². The number of nitrogens with zero attached hydrogens (tertiary/aromatic N) is 2. The second kappa shape index (κ2) is 7.62. The van der Waals surface area contributed by atoms with Crippen LogP contribution >= 0.6 is 11.6 Å². The molecular weight excluding hydrogens is 374 g/mol. The topological polar surface area (TPSA) is 85.0 Å². The molecule has 0 radical (unpaired) electrons. The maximum Gasteiger partial charge on any atom is 0.323 e. The lowest BCUT2D eigenvalue weighted by atomic mass is 10.2. The van der Waals surface area contributed by atoms with Crippen LogP contribution < -0.4 is 16.4 Å². The van der Waals surface area contributed by atoms with E-state index in [4.69, 9.17) is 20.1 Å². The summed E-state index contributed by atoms with van der Waals surface area (Å²) in [6, 6.07) is 16.6. The van der Waals surface area contributed by atoms with Crippen molar-refractivity contribution in [2.24, 2.45) is 0 Å². The van der Waals surface area contributed by atoms with Gasteiger partial charge in [-0.25, -0.2) is 9.78 Å². The minimum absolute atomic E-state index is 0.243. The van der Waals surface area contributed by atoms with E-state index in [0.29, 0.717) is 32.9 Å². The Morgan fingerprint density at radius 1 is 1.14 bits per heavy atom. The van der Waals surface area contributed by atoms with E-state index in [0.717, 1.165) is 0 Å². The number of benzene rings is 2. The van der Waals surface area contributed by atoms with E-state index < -0.39 is 12.5 Å². The number of rotatable bonds is 4. The second-order valence-electron chi connectivity index (χ2n) is 6.09. The van der Waals surface area contributed by atoms with Crippen molar-refractivity contribution in [3.63, 3.8) is 0 Å². The first-order chi connectivity index (χ1) is 14.3. The smallest absolute Gasteiger partial charge is 0.323 e. The summed E-state index contributed by atoms with van der Waals surface area (Å²) in [4.78, 5) is 16.4. The predicted octanol–water partition coefficient (Wildman–Crippen LogP) is 4.96. The SMILES string of the molecule is [2H]C([2H])(c1ccnc(N)c1)n1ccc2c(NC(=O)Nc3cccc(Cl)c3)cccc21. The summed E-state index contributed by atoms with van der Waals surface area (Å²) in [6.07, 6.45) is 3.11. The fourth-order valence-electron chi connectivity index (χ4n) is 2.88. The van der Waals surface area contributed by atoms with Crippen LogP contribution in [0.25, 0.3) is 10.9 Å². The normalized spacial score (nSPS) is 12.3. The lowest BCUT2D eigenvalue weighted by Crippen LogP contribution is -2.19. The van der Waals surface area contributed by atoms with Crippen molar-refractivity contribution in [1.29, 1.82) is 0 Å². The molecule has 7 heteroatoms. The van der Waals surface area contributed by atoms with E-state index in [1.807, 2.05) is 0 Å². The quantitative estimate of drug-likeness (QED) is 0.458. The van der Waals surface area contributed by atoms with Gasteiger partial charge in [-0.05, 0) is 54.1 Å². The summed E-state index contributed by atoms with van der Waals surface area (Å²) in [5.74, 6) is 0.243. The number of hydrogen-bond donors (Lipinski definition) is 3. The van der Waals surface area contributed by atoms with Gasteiger partial charge in [-0.2, -0.15) is 0 Å². The molecule has 0 aliphatic carbocycles. The van der Waals surface area contributed by atoms with Gasteiger partial charge in [0.2, 0.25) is 0 Å². The van der Waals surface area contributed by atoms with Gasteiger partial charge in [-0.15, -0.1) is 0 Å². The van der Waals surface area contributed by atoms with Crippen LogP contribution in [0.3, 0.4) is 0 Å². The minimum Gasteiger partial charge on any atom is -0.384 e. The molecule has 4 aromatic rings. The zero-order valence-electron chi connectivity index (χ0n) is 16.7. The minimum atomic E-state index is -1.86. The highest BCUT2D eigenvalue weighted by atomic mass is 35.5. The third-order valence-corrected chi connectivity index (χ3v) is 4.33. The molecule has 0 aliphatic heterocycles. The molecule has 0 saturated heterocycles. The number of hydrogen-bond acceptors (Lipinski definition) is 3. The number of urea groups is 1. The van der Waals surface area contributed by atoms with Gasteiger partial charge in [0.15, 0.2) is 0 Å². The first-order valence-electron chi connectivity index (χ1n) is 9.51. The van der Waals surface area contributed by atoms with Crippen molar-refractivity contribution >= 4 is 45.7 Å². The van der Waals surface area contributed by atoms with Gasteiger partial charge in [-0.1, -0.05) is 23.7 Å². The predicted molar refractivity (Wildman–Crippen MR) is 114 cm³/mol. The highest BCUT2D eigenvalue weighted by Crippen LogP contribution is 2.26. The Balaban J connectivity index is 1.64. The Hall–Kier alpha value is -3.51. The third-order valence-electron chi connectivity index (χ3n) is 4.09. The first-order valence-corrected chi connectivity index (χ1v) is 8.88. The summed E-state index contributed by atoms with van der Waals surface area (Å²) in [6.45, 7) is -1.86. The summed E-state index contributed by atoms with van der Waals surface area (Å²) in [5.41, 5.74) is 7.84. The van der Waals surface area contributed by atoms with Gasteiger partial charge in [0.05, 0.1) is 13.9 Å². The summed E-state index contributed by atoms with van der Waals surface area (Å²) >= 11 is 5.95. The Labute approximate surface area is 169 Å². The lowest BCUT2D eigenvalue weighted by Gasteiger charge is -2.10. The van der Waals surface area contributed by atoms with E-state index in [1.54, 1.807) is 60.8 Å². The molecule has 2 amide bonds. The average Bonchev–Trinajstić information content (AvgIpc) is 3.14. The van der Waals surface area contributed by atoms with Crippen molar-refractivity contribution in [2.45, 2.75) is 6.50 Å². The molecule has 0 bridgehead atoms. The third kappa shape index (κ3) is 3.92. The van der Waals surface area contributed by atoms with E-state index in [1.165, 1.54) is 16.8 Å². The number of pyridine rings is 1. The molecule has 0 spiro atoms. The molecule has 2 aromatic heterocycles. The summed E-state index contributed by atoms with van der Waals surface area (Å²) in [7, 11) is 0. The van der Waals surface area contributed by atoms with Crippen molar-refractivity contribution in [1.82, 2.24) is 9.55 Å². The van der Waals surface area contributed by atoms with Gasteiger partial charge in [0.1, 0.15) is 5.82 Å². The lowest BCUT2D eigenvalue weighted by molar-refractivity contribution is 0.262. The highest BCUT2D eigenvalue weighted by Gasteiger charge is 2.09. The Morgan fingerprint density at radius 3 is 2.82 bits per heavy atom. The molecule has 0 saturated carbocycles. The van der Waals surface area contributed by atoms with E-state index in [2.05, 4.69) is 15.6 Å². The molecule has 0 atom stereocenters. The number of carbonyl (C=O) groups excluding carboxylic acids is 1. The standard InChI is InChI=1S/C21H18ClN5O/c22-15-3-1-4-16(12-15)25-21(28)26-18-5-2-6-19-17(18)8-10-27(19)13-14-7-9-24-20(23)11-14/h1-12H,13H2,(H2,23,24)(H2,25,26,28)/i13D2. The van der Waals surface area contributed by atoms with E-state index in [-0.39, 0.29) is 5.82 Å². The van der Waals surface area contributed by atoms with Crippen LogP contribution in [0.15, 0.2) is 73.1 Å². The molecule has 140 valence electrons. The van der Waals surface area contributed by atoms with Gasteiger partial charge in [0.25, 0.3) is 0 Å². The molecule has 4 N–H and O–H groups in total. The van der Waals surface area contributed by atoms with Crippen LogP contribution in [0, 0.1) is 0 Å². The number of nitrogens with one attached hydrogen (secondary N) is 2. The monoisotopic (exact) mass is 393 g/mol. The Kier molecular flexibility index (Phi) is 4.23. The van der Waals surface area contributed by atoms with Gasteiger partial charge >= 0.3 is 6.03 Å². The molecule has 0 aliphatic rings. The van der Waals surface area contributed by atoms with Crippen LogP contribution in [-0.2, 0) is 6.50 Å². The zero-order chi connectivity index (χ0) is 21.3. The number of fused-ring (bicyclic) bond motifs is 1. The van der Waals surface area contributed by atoms with Crippen molar-refractivity contribution in [3.8, 4) is 0 Å². The Bertz CT molecular complexity index is 1240. The van der Waals surface area contributed by atoms with Crippen LogP contribution in [0.4, 0.5) is 22.0 Å². The number of nitrogens with two attached hydrogens (primary N) is 1. The molecule has 2 heterocycles. The maximum atomic E-state index is 12.4. The molecule has 0 unspecified atom stereocenters. The van der Waals surface area contributed by atoms with Crippen LogP contribution in [0.5, 0.6) is 0 Å². The highest BCUT2D eigenvalue weighted by molar-refractivity contribution is 6.30. The largest absolute Gasteiger partial charge is 0.384 e. The second-order valence-corrected chi connectivity index (χ2v) is 6.53. The number of amides is 2. The molecule has 4 rings (SSSR count). The van der Waals surface area contributed by atoms with E-state index >= 15 is 0 Å². The van der Waals surface area contributed by atoms with Gasteiger partial charge in [-0.3, -0.25) is 0 Å². The molecule has 6 nitrogen and oxygen atoms in total. The molecule has 2 aromatic carbocycles. The average molecular weight is 394 g/mol. The first kappa shape index (κ1) is 15.5. The Morgan fingerprint density at radius 2 is 2.00 bits per heavy atom. The number of nitrogen functional groups attached to an aromatic ring is 1. The zero-order valence-corrected chi connectivity index (χ0v) is 15.4. The number of carbonyl (C=O) groups is 1. The molecule has 0 fully saturated rings. The van der Waals surface area contributed by atoms with Crippen molar-refractivity contribution in [2.75, 3.05) is 16.4 Å². The van der Waals surface area contributed by atoms with Crippen LogP contribution in [0.2, 0.25) is 5.02 Å². The van der Waals surface area contributed by atoms with Crippen LogP contribution in [-0.4, -0.2) is 15.6 Å². The van der Waals surface area contributed by atoms with Gasteiger partial charge in [0, 0.05) is 35.0 Å². The summed E-state index contributed by atoms with van der Waals surface area (Å²) < 4.78 is 18.7. The van der Waals surface area contributed by atoms with Crippen molar-refractivity contribution < 1.29 is 7.54 Å². The molecular formula is C21H18ClN5O.